The first-order chi connectivity index (χ1) is 9.18. The lowest BCUT2D eigenvalue weighted by Gasteiger charge is -2.05. The van der Waals surface area contributed by atoms with Crippen LogP contribution in [0, 0.1) is 0 Å². The highest BCUT2D eigenvalue weighted by molar-refractivity contribution is 6.03. The molecule has 19 heavy (non-hydrogen) atoms. The monoisotopic (exact) mass is 260 g/mol. The van der Waals surface area contributed by atoms with E-state index < -0.39 is 11.9 Å². The number of hydrogen-bond donors (Lipinski definition) is 3. The fraction of sp³-hybridized carbons (Fsp3) is 0.167. The first-order valence-electron chi connectivity index (χ1n) is 5.62. The highest BCUT2D eigenvalue weighted by Gasteiger charge is 2.16. The van der Waals surface area contributed by atoms with Gasteiger partial charge in [-0.1, -0.05) is 0 Å². The molecule has 7 heteroatoms. The summed E-state index contributed by atoms with van der Waals surface area (Å²) in [5.41, 5.74) is 0.695. The van der Waals surface area contributed by atoms with Crippen molar-refractivity contribution in [2.45, 2.75) is 6.42 Å². The number of hydrogen-bond acceptors (Lipinski definition) is 4. The Morgan fingerprint density at radius 2 is 2.26 bits per heavy atom. The van der Waals surface area contributed by atoms with Crippen LogP contribution in [0.25, 0.3) is 0 Å². The molecule has 0 spiro atoms. The molecule has 0 radical (unpaired) electrons. The first-order valence-corrected chi connectivity index (χ1v) is 5.62. The number of imidazole rings is 1. The molecule has 0 aliphatic rings. The van der Waals surface area contributed by atoms with Gasteiger partial charge in [0.1, 0.15) is 5.69 Å². The van der Waals surface area contributed by atoms with Crippen LogP contribution in [0.4, 0.5) is 0 Å². The Morgan fingerprint density at radius 3 is 2.95 bits per heavy atom. The molecule has 2 aromatic rings. The molecule has 0 fully saturated rings. The molecule has 0 atom stereocenters. The Morgan fingerprint density at radius 1 is 1.42 bits per heavy atom. The molecule has 2 rings (SSSR count). The van der Waals surface area contributed by atoms with Gasteiger partial charge in [0.2, 0.25) is 0 Å². The molecule has 2 heterocycles. The number of H-pyrrole nitrogens is 1. The van der Waals surface area contributed by atoms with Crippen molar-refractivity contribution < 1.29 is 14.7 Å². The van der Waals surface area contributed by atoms with Crippen molar-refractivity contribution >= 4 is 11.9 Å². The molecule has 3 N–H and O–H groups in total. The zero-order chi connectivity index (χ0) is 13.7. The summed E-state index contributed by atoms with van der Waals surface area (Å²) in [6.45, 7) is 0.372. The summed E-state index contributed by atoms with van der Waals surface area (Å²) in [6.07, 6.45) is 5.19. The Balaban J connectivity index is 1.98. The van der Waals surface area contributed by atoms with E-state index in [2.05, 4.69) is 20.3 Å². The van der Waals surface area contributed by atoms with Gasteiger partial charge in [-0.25, -0.2) is 9.78 Å². The highest BCUT2D eigenvalue weighted by atomic mass is 16.4. The van der Waals surface area contributed by atoms with Crippen LogP contribution >= 0.6 is 0 Å². The van der Waals surface area contributed by atoms with Crippen molar-refractivity contribution in [1.29, 1.82) is 0 Å². The predicted octanol–water partition coefficient (Wildman–Crippen LogP) is 0.475. The molecule has 98 valence electrons. The molecule has 0 aromatic carbocycles. The number of carboxylic acids is 1. The molecule has 0 saturated carbocycles. The fourth-order valence-electron chi connectivity index (χ4n) is 1.57. The van der Waals surface area contributed by atoms with Crippen LogP contribution in [0.3, 0.4) is 0 Å². The molecule has 0 aliphatic carbocycles. The number of aromatic amines is 1. The van der Waals surface area contributed by atoms with Gasteiger partial charge in [0, 0.05) is 31.1 Å². The van der Waals surface area contributed by atoms with Crippen LogP contribution < -0.4 is 5.32 Å². The zero-order valence-electron chi connectivity index (χ0n) is 9.96. The van der Waals surface area contributed by atoms with Gasteiger partial charge in [0.05, 0.1) is 11.9 Å². The Kier molecular flexibility index (Phi) is 3.87. The summed E-state index contributed by atoms with van der Waals surface area (Å²) in [4.78, 5) is 33.4. The molecule has 2 aromatic heterocycles. The maximum absolute atomic E-state index is 11.8. The van der Waals surface area contributed by atoms with Gasteiger partial charge in [-0.05, 0) is 12.1 Å². The van der Waals surface area contributed by atoms with Gasteiger partial charge >= 0.3 is 5.97 Å². The molecule has 0 unspecified atom stereocenters. The summed E-state index contributed by atoms with van der Waals surface area (Å²) in [5, 5.41) is 11.6. The topological polar surface area (TPSA) is 108 Å². The third-order valence-corrected chi connectivity index (χ3v) is 2.49. The van der Waals surface area contributed by atoms with Gasteiger partial charge in [0.15, 0.2) is 0 Å². The number of nitrogens with one attached hydrogen (secondary N) is 2. The van der Waals surface area contributed by atoms with Crippen LogP contribution in [0.2, 0.25) is 0 Å². The standard InChI is InChI=1S/C12H12N4O3/c17-11(15-5-3-8-6-13-7-16-8)10-9(12(18)19)2-1-4-14-10/h1-2,4,6-7H,3,5H2,(H,13,16)(H,15,17)(H,18,19). The third-order valence-electron chi connectivity index (χ3n) is 2.49. The van der Waals surface area contributed by atoms with Gasteiger partial charge in [0.25, 0.3) is 5.91 Å². The third kappa shape index (κ3) is 3.15. The van der Waals surface area contributed by atoms with Gasteiger partial charge in [-0.15, -0.1) is 0 Å². The number of carboxylic acid groups (broad SMARTS) is 1. The summed E-state index contributed by atoms with van der Waals surface area (Å²) in [6, 6.07) is 2.82. The van der Waals surface area contributed by atoms with Crippen LogP contribution in [0.5, 0.6) is 0 Å². The Bertz CT molecular complexity index is 580. The van der Waals surface area contributed by atoms with Crippen LogP contribution in [-0.2, 0) is 6.42 Å². The second kappa shape index (κ2) is 5.76. The van der Waals surface area contributed by atoms with Gasteiger partial charge < -0.3 is 15.4 Å². The SMILES string of the molecule is O=C(O)c1cccnc1C(=O)NCCc1cnc[nH]1. The van der Waals surface area contributed by atoms with Crippen LogP contribution in [0.1, 0.15) is 26.5 Å². The largest absolute Gasteiger partial charge is 0.478 e. The Hall–Kier alpha value is -2.70. The number of amides is 1. The van der Waals surface area contributed by atoms with E-state index in [4.69, 9.17) is 5.11 Å². The van der Waals surface area contributed by atoms with E-state index in [-0.39, 0.29) is 11.3 Å². The number of aromatic nitrogens is 3. The van der Waals surface area contributed by atoms with Gasteiger partial charge in [-0.3, -0.25) is 9.78 Å². The lowest BCUT2D eigenvalue weighted by Crippen LogP contribution is -2.28. The number of rotatable bonds is 5. The quantitative estimate of drug-likeness (QED) is 0.724. The predicted molar refractivity (Wildman–Crippen MR) is 65.8 cm³/mol. The van der Waals surface area contributed by atoms with Crippen molar-refractivity contribution in [2.24, 2.45) is 0 Å². The number of aromatic carboxylic acids is 1. The van der Waals surface area contributed by atoms with Crippen molar-refractivity contribution in [1.82, 2.24) is 20.3 Å². The number of carbonyl (C=O) groups excluding carboxylic acids is 1. The minimum absolute atomic E-state index is 0.0837. The van der Waals surface area contributed by atoms with E-state index in [1.165, 1.54) is 18.3 Å². The van der Waals surface area contributed by atoms with Crippen molar-refractivity contribution in [3.8, 4) is 0 Å². The average molecular weight is 260 g/mol. The van der Waals surface area contributed by atoms with E-state index in [0.717, 1.165) is 5.69 Å². The number of pyridine rings is 1. The average Bonchev–Trinajstić information content (AvgIpc) is 2.91. The zero-order valence-corrected chi connectivity index (χ0v) is 9.96. The lowest BCUT2D eigenvalue weighted by atomic mass is 10.2. The molecule has 1 amide bonds. The van der Waals surface area contributed by atoms with Crippen molar-refractivity contribution in [2.75, 3.05) is 6.54 Å². The molecular formula is C12H12N4O3. The van der Waals surface area contributed by atoms with E-state index in [0.29, 0.717) is 13.0 Å². The van der Waals surface area contributed by atoms with Gasteiger partial charge in [-0.2, -0.15) is 0 Å². The second-order valence-corrected chi connectivity index (χ2v) is 3.79. The molecule has 0 saturated heterocycles. The van der Waals surface area contributed by atoms with E-state index in [9.17, 15) is 9.59 Å². The molecule has 0 aliphatic heterocycles. The maximum atomic E-state index is 11.8. The maximum Gasteiger partial charge on any atom is 0.338 e. The second-order valence-electron chi connectivity index (χ2n) is 3.79. The number of nitrogens with zero attached hydrogens (tertiary/aromatic N) is 2. The smallest absolute Gasteiger partial charge is 0.338 e. The van der Waals surface area contributed by atoms with E-state index in [1.807, 2.05) is 0 Å². The number of carbonyl (C=O) groups is 2. The first kappa shape index (κ1) is 12.7. The van der Waals surface area contributed by atoms with Crippen LogP contribution in [-0.4, -0.2) is 38.5 Å². The fourth-order valence-corrected chi connectivity index (χ4v) is 1.57. The highest BCUT2D eigenvalue weighted by Crippen LogP contribution is 2.05. The minimum atomic E-state index is -1.17. The van der Waals surface area contributed by atoms with E-state index >= 15 is 0 Å². The molecule has 7 nitrogen and oxygen atoms in total. The Labute approximate surface area is 108 Å². The van der Waals surface area contributed by atoms with Crippen molar-refractivity contribution in [3.05, 3.63) is 47.8 Å². The summed E-state index contributed by atoms with van der Waals surface area (Å²) in [7, 11) is 0. The molecular weight excluding hydrogens is 248 g/mol. The minimum Gasteiger partial charge on any atom is -0.478 e. The summed E-state index contributed by atoms with van der Waals surface area (Å²) >= 11 is 0. The normalized spacial score (nSPS) is 10.1. The van der Waals surface area contributed by atoms with Crippen molar-refractivity contribution in [3.63, 3.8) is 0 Å². The summed E-state index contributed by atoms with van der Waals surface area (Å²) in [5.74, 6) is -1.68. The van der Waals surface area contributed by atoms with E-state index in [1.54, 1.807) is 12.5 Å². The lowest BCUT2D eigenvalue weighted by molar-refractivity contribution is 0.0690. The summed E-state index contributed by atoms with van der Waals surface area (Å²) < 4.78 is 0. The van der Waals surface area contributed by atoms with Crippen LogP contribution in [0.15, 0.2) is 30.9 Å². The molecule has 0 bridgehead atoms.